The van der Waals surface area contributed by atoms with Crippen molar-refractivity contribution in [2.45, 2.75) is 13.8 Å². The largest absolute Gasteiger partial charge is 0.494 e. The zero-order chi connectivity index (χ0) is 15.6. The molecule has 5 heteroatoms. The quantitative estimate of drug-likeness (QED) is 0.800. The van der Waals surface area contributed by atoms with E-state index in [9.17, 15) is 8.78 Å². The van der Waals surface area contributed by atoms with Gasteiger partial charge < -0.3 is 9.64 Å². The second-order valence-electron chi connectivity index (χ2n) is 4.45. The normalized spacial score (nSPS) is 14.9. The molecule has 21 heavy (non-hydrogen) atoms. The lowest BCUT2D eigenvalue weighted by molar-refractivity contribution is 0.335. The SMILES string of the molecule is C=C1C(Cl)=CC=C(c2c(F)cc(OCC)cc2F)N1CC. The Morgan fingerprint density at radius 2 is 1.81 bits per heavy atom. The summed E-state index contributed by atoms with van der Waals surface area (Å²) in [5, 5.41) is 0.451. The molecule has 2 nitrogen and oxygen atoms in total. The van der Waals surface area contributed by atoms with Gasteiger partial charge in [-0.1, -0.05) is 18.2 Å². The van der Waals surface area contributed by atoms with E-state index in [0.717, 1.165) is 0 Å². The molecule has 0 N–H and O–H groups in total. The number of halogens is 3. The average molecular weight is 312 g/mol. The summed E-state index contributed by atoms with van der Waals surface area (Å²) in [5.41, 5.74) is 0.802. The lowest BCUT2D eigenvalue weighted by Gasteiger charge is -2.30. The van der Waals surface area contributed by atoms with E-state index in [1.165, 1.54) is 12.1 Å². The summed E-state index contributed by atoms with van der Waals surface area (Å²) in [4.78, 5) is 1.67. The lowest BCUT2D eigenvalue weighted by atomic mass is 10.0. The minimum atomic E-state index is -0.678. The van der Waals surface area contributed by atoms with Gasteiger partial charge in [0.15, 0.2) is 0 Å². The fourth-order valence-electron chi connectivity index (χ4n) is 2.24. The summed E-state index contributed by atoms with van der Waals surface area (Å²) in [6, 6.07) is 2.36. The smallest absolute Gasteiger partial charge is 0.139 e. The third-order valence-electron chi connectivity index (χ3n) is 3.18. The van der Waals surface area contributed by atoms with E-state index in [1.807, 2.05) is 6.92 Å². The number of ether oxygens (including phenoxy) is 1. The maximum atomic E-state index is 14.3. The molecule has 1 aromatic rings. The number of allylic oxidation sites excluding steroid dienone is 3. The molecule has 1 aliphatic heterocycles. The van der Waals surface area contributed by atoms with Crippen molar-refractivity contribution in [3.8, 4) is 5.75 Å². The van der Waals surface area contributed by atoms with Crippen LogP contribution in [0.2, 0.25) is 0 Å². The number of nitrogens with zero attached hydrogens (tertiary/aromatic N) is 1. The van der Waals surface area contributed by atoms with Crippen LogP contribution in [0.15, 0.2) is 41.6 Å². The number of likely N-dealkylation sites (N-methyl/N-ethyl adjacent to an activating group) is 1. The molecule has 0 saturated carbocycles. The van der Waals surface area contributed by atoms with Crippen molar-refractivity contribution in [3.63, 3.8) is 0 Å². The van der Waals surface area contributed by atoms with Crippen molar-refractivity contribution in [2.24, 2.45) is 0 Å². The van der Waals surface area contributed by atoms with Gasteiger partial charge in [-0.25, -0.2) is 8.78 Å². The van der Waals surface area contributed by atoms with Crippen LogP contribution >= 0.6 is 11.6 Å². The number of hydrogen-bond acceptors (Lipinski definition) is 2. The van der Waals surface area contributed by atoms with Gasteiger partial charge in [-0.3, -0.25) is 0 Å². The van der Waals surface area contributed by atoms with Crippen LogP contribution in [0.3, 0.4) is 0 Å². The van der Waals surface area contributed by atoms with Crippen LogP contribution < -0.4 is 4.74 Å². The summed E-state index contributed by atoms with van der Waals surface area (Å²) in [6.45, 7) is 8.30. The minimum Gasteiger partial charge on any atom is -0.494 e. The van der Waals surface area contributed by atoms with Gasteiger partial charge in [0.05, 0.1) is 28.6 Å². The van der Waals surface area contributed by atoms with E-state index >= 15 is 0 Å². The van der Waals surface area contributed by atoms with Crippen LogP contribution in [0, 0.1) is 11.6 Å². The Morgan fingerprint density at radius 3 is 2.33 bits per heavy atom. The molecule has 0 fully saturated rings. The standard InChI is InChI=1S/C16H16ClF2NO/c1-4-20-10(3)12(17)6-7-15(20)16-13(18)8-11(21-5-2)9-14(16)19/h6-9H,3-5H2,1-2H3. The highest BCUT2D eigenvalue weighted by Crippen LogP contribution is 2.35. The first-order chi connectivity index (χ1) is 9.99. The summed E-state index contributed by atoms with van der Waals surface area (Å²) in [6.07, 6.45) is 3.17. The van der Waals surface area contributed by atoms with E-state index < -0.39 is 11.6 Å². The predicted octanol–water partition coefficient (Wildman–Crippen LogP) is 4.68. The molecule has 2 rings (SSSR count). The maximum Gasteiger partial charge on any atom is 0.139 e. The van der Waals surface area contributed by atoms with Crippen LogP contribution in [0.5, 0.6) is 5.75 Å². The second-order valence-corrected chi connectivity index (χ2v) is 4.86. The highest BCUT2D eigenvalue weighted by molar-refractivity contribution is 6.32. The van der Waals surface area contributed by atoms with Crippen molar-refractivity contribution in [1.82, 2.24) is 4.90 Å². The summed E-state index contributed by atoms with van der Waals surface area (Å²) in [5.74, 6) is -1.19. The molecule has 0 radical (unpaired) electrons. The van der Waals surface area contributed by atoms with Crippen LogP contribution in [0.1, 0.15) is 19.4 Å². The number of benzene rings is 1. The first-order valence-corrected chi connectivity index (χ1v) is 7.03. The molecule has 0 bridgehead atoms. The van der Waals surface area contributed by atoms with Crippen molar-refractivity contribution in [2.75, 3.05) is 13.2 Å². The third-order valence-corrected chi connectivity index (χ3v) is 3.52. The van der Waals surface area contributed by atoms with Gasteiger partial charge in [-0.05, 0) is 26.0 Å². The highest BCUT2D eigenvalue weighted by atomic mass is 35.5. The topological polar surface area (TPSA) is 12.5 Å². The maximum absolute atomic E-state index is 14.3. The van der Waals surface area contributed by atoms with Gasteiger partial charge in [-0.15, -0.1) is 0 Å². The molecule has 1 aliphatic rings. The Bertz CT molecular complexity index is 614. The second kappa shape index (κ2) is 6.31. The Balaban J connectivity index is 2.53. The lowest BCUT2D eigenvalue weighted by Crippen LogP contribution is -2.24. The predicted molar refractivity (Wildman–Crippen MR) is 81.0 cm³/mol. The van der Waals surface area contributed by atoms with Crippen LogP contribution in [-0.2, 0) is 0 Å². The molecular formula is C16H16ClF2NO. The molecule has 0 saturated heterocycles. The fourth-order valence-corrected chi connectivity index (χ4v) is 2.40. The molecule has 0 atom stereocenters. The fraction of sp³-hybridized carbons (Fsp3) is 0.250. The van der Waals surface area contributed by atoms with Crippen LogP contribution in [0.4, 0.5) is 8.78 Å². The average Bonchev–Trinajstić information content (AvgIpc) is 2.42. The van der Waals surface area contributed by atoms with Crippen molar-refractivity contribution in [1.29, 1.82) is 0 Å². The van der Waals surface area contributed by atoms with E-state index in [0.29, 0.717) is 29.6 Å². The van der Waals surface area contributed by atoms with Crippen molar-refractivity contribution < 1.29 is 13.5 Å². The summed E-state index contributed by atoms with van der Waals surface area (Å²) in [7, 11) is 0. The van der Waals surface area contributed by atoms with Crippen molar-refractivity contribution >= 4 is 17.3 Å². The highest BCUT2D eigenvalue weighted by Gasteiger charge is 2.24. The summed E-state index contributed by atoms with van der Waals surface area (Å²) < 4.78 is 33.7. The first-order valence-electron chi connectivity index (χ1n) is 6.66. The molecule has 112 valence electrons. The van der Waals surface area contributed by atoms with Crippen molar-refractivity contribution in [3.05, 3.63) is 58.8 Å². The van der Waals surface area contributed by atoms with Crippen LogP contribution in [-0.4, -0.2) is 18.1 Å². The number of hydrogen-bond donors (Lipinski definition) is 0. The van der Waals surface area contributed by atoms with Gasteiger partial charge in [0.1, 0.15) is 17.4 Å². The van der Waals surface area contributed by atoms with Crippen LogP contribution in [0.25, 0.3) is 5.70 Å². The monoisotopic (exact) mass is 311 g/mol. The van der Waals surface area contributed by atoms with Gasteiger partial charge >= 0.3 is 0 Å². The molecule has 0 spiro atoms. The molecule has 0 amide bonds. The third kappa shape index (κ3) is 2.95. The van der Waals surface area contributed by atoms with Gasteiger partial charge in [0.2, 0.25) is 0 Å². The van der Waals surface area contributed by atoms with E-state index in [2.05, 4.69) is 6.58 Å². The number of rotatable bonds is 4. The zero-order valence-corrected chi connectivity index (χ0v) is 12.7. The molecular weight excluding hydrogens is 296 g/mol. The van der Waals surface area contributed by atoms with E-state index in [4.69, 9.17) is 16.3 Å². The first kappa shape index (κ1) is 15.6. The molecule has 0 aliphatic carbocycles. The molecule has 0 unspecified atom stereocenters. The van der Waals surface area contributed by atoms with Gasteiger partial charge in [0, 0.05) is 18.7 Å². The van der Waals surface area contributed by atoms with E-state index in [1.54, 1.807) is 24.0 Å². The van der Waals surface area contributed by atoms with E-state index in [-0.39, 0.29) is 11.3 Å². The van der Waals surface area contributed by atoms with Gasteiger partial charge in [-0.2, -0.15) is 0 Å². The Kier molecular flexibility index (Phi) is 4.68. The Morgan fingerprint density at radius 1 is 1.19 bits per heavy atom. The molecule has 1 heterocycles. The zero-order valence-electron chi connectivity index (χ0n) is 11.9. The minimum absolute atomic E-state index is 0.109. The Labute approximate surface area is 128 Å². The Hall–Kier alpha value is -1.81. The summed E-state index contributed by atoms with van der Waals surface area (Å²) >= 11 is 6.01. The molecule has 0 aromatic heterocycles. The van der Waals surface area contributed by atoms with Gasteiger partial charge in [0.25, 0.3) is 0 Å². The molecule has 1 aromatic carbocycles.